The molecule has 0 unspecified atom stereocenters. The second kappa shape index (κ2) is 12.3. The van der Waals surface area contributed by atoms with Gasteiger partial charge in [-0.25, -0.2) is 0 Å². The third-order valence-electron chi connectivity index (χ3n) is 15.0. The van der Waals surface area contributed by atoms with Gasteiger partial charge in [-0.05, 0) is 143 Å². The van der Waals surface area contributed by atoms with E-state index in [2.05, 4.69) is 191 Å². The predicted molar refractivity (Wildman–Crippen MR) is 242 cm³/mol. The van der Waals surface area contributed by atoms with Crippen molar-refractivity contribution < 1.29 is 0 Å². The molecule has 0 saturated heterocycles. The number of aromatic nitrogens is 1. The number of fused-ring (bicyclic) bond motifs is 7. The SMILES string of the molecule is c1ccc(-c2ccc(N(c3ccc4c(c3)-c3ccccc3C43C4CC5CC(C4)CC3C5)c3ccc4c5ccccc5n(-c5ccccc5)c4c3)c3ccccc23)cc1. The van der Waals surface area contributed by atoms with Gasteiger partial charge in [-0.1, -0.05) is 133 Å². The summed E-state index contributed by atoms with van der Waals surface area (Å²) in [7, 11) is 0. The van der Waals surface area contributed by atoms with Crippen LogP contribution < -0.4 is 4.90 Å². The van der Waals surface area contributed by atoms with E-state index in [4.69, 9.17) is 0 Å². The van der Waals surface area contributed by atoms with Crippen LogP contribution in [0.15, 0.2) is 182 Å². The molecule has 9 aromatic rings. The summed E-state index contributed by atoms with van der Waals surface area (Å²) in [6.07, 6.45) is 7.04. The molecule has 1 aromatic heterocycles. The normalized spacial score (nSPS) is 22.6. The Kier molecular flexibility index (Phi) is 6.94. The zero-order valence-electron chi connectivity index (χ0n) is 32.6. The van der Waals surface area contributed by atoms with Crippen molar-refractivity contribution in [1.82, 2.24) is 4.57 Å². The van der Waals surface area contributed by atoms with Gasteiger partial charge in [0.25, 0.3) is 0 Å². The fraction of sp³-hybridized carbons (Fsp3) is 0.179. The molecule has 0 radical (unpaired) electrons. The summed E-state index contributed by atoms with van der Waals surface area (Å²) in [5, 5.41) is 5.03. The first-order valence-corrected chi connectivity index (χ1v) is 21.4. The molecule has 8 aromatic carbocycles. The van der Waals surface area contributed by atoms with Gasteiger partial charge < -0.3 is 9.47 Å². The fourth-order valence-corrected chi connectivity index (χ4v) is 13.0. The molecule has 0 aliphatic heterocycles. The average Bonchev–Trinajstić information content (AvgIpc) is 3.76. The molecule has 0 amide bonds. The summed E-state index contributed by atoms with van der Waals surface area (Å²) in [4.78, 5) is 2.55. The number of benzene rings is 8. The zero-order valence-corrected chi connectivity index (χ0v) is 32.6. The lowest BCUT2D eigenvalue weighted by molar-refractivity contribution is -0.0399. The van der Waals surface area contributed by atoms with E-state index in [1.54, 1.807) is 11.1 Å². The van der Waals surface area contributed by atoms with Gasteiger partial charge in [0.2, 0.25) is 0 Å². The number of hydrogen-bond donors (Lipinski definition) is 0. The van der Waals surface area contributed by atoms with Gasteiger partial charge in [-0.2, -0.15) is 0 Å². The van der Waals surface area contributed by atoms with Gasteiger partial charge in [-0.3, -0.25) is 0 Å². The summed E-state index contributed by atoms with van der Waals surface area (Å²) in [6.45, 7) is 0. The summed E-state index contributed by atoms with van der Waals surface area (Å²) in [6, 6.07) is 68.5. The first-order valence-electron chi connectivity index (χ1n) is 21.4. The van der Waals surface area contributed by atoms with Gasteiger partial charge in [-0.15, -0.1) is 0 Å². The monoisotopic (exact) mass is 744 g/mol. The Balaban J connectivity index is 1.07. The van der Waals surface area contributed by atoms with Crippen LogP contribution in [0.25, 0.3) is 60.5 Å². The number of nitrogens with zero attached hydrogens (tertiary/aromatic N) is 2. The molecule has 4 saturated carbocycles. The molecule has 1 heterocycles. The van der Waals surface area contributed by atoms with Crippen molar-refractivity contribution in [2.45, 2.75) is 37.5 Å². The second-order valence-electron chi connectivity index (χ2n) is 17.7. The third kappa shape index (κ3) is 4.49. The Morgan fingerprint density at radius 1 is 0.414 bits per heavy atom. The quantitative estimate of drug-likeness (QED) is 0.170. The lowest BCUT2D eigenvalue weighted by Gasteiger charge is -2.61. The van der Waals surface area contributed by atoms with Gasteiger partial charge in [0.05, 0.1) is 16.7 Å². The van der Waals surface area contributed by atoms with Crippen LogP contribution in [0.4, 0.5) is 17.1 Å². The van der Waals surface area contributed by atoms with E-state index < -0.39 is 0 Å². The smallest absolute Gasteiger partial charge is 0.0561 e. The van der Waals surface area contributed by atoms with Crippen LogP contribution in [-0.4, -0.2) is 4.57 Å². The van der Waals surface area contributed by atoms with E-state index in [0.29, 0.717) is 0 Å². The van der Waals surface area contributed by atoms with Gasteiger partial charge >= 0.3 is 0 Å². The lowest BCUT2D eigenvalue weighted by Crippen LogP contribution is -2.55. The van der Waals surface area contributed by atoms with Crippen LogP contribution in [0.1, 0.15) is 43.2 Å². The lowest BCUT2D eigenvalue weighted by atomic mass is 9.43. The van der Waals surface area contributed by atoms with Crippen LogP contribution in [0, 0.1) is 23.7 Å². The molecular formula is C56H44N2. The Morgan fingerprint density at radius 3 is 1.81 bits per heavy atom. The molecule has 14 rings (SSSR count). The minimum atomic E-state index is 0.141. The molecule has 5 aliphatic carbocycles. The number of anilines is 3. The van der Waals surface area contributed by atoms with Crippen molar-refractivity contribution in [1.29, 1.82) is 0 Å². The molecule has 2 heteroatoms. The molecule has 4 fully saturated rings. The third-order valence-corrected chi connectivity index (χ3v) is 15.0. The van der Waals surface area contributed by atoms with Gasteiger partial charge in [0.1, 0.15) is 0 Å². The first-order chi connectivity index (χ1) is 28.7. The minimum Gasteiger partial charge on any atom is -0.310 e. The Labute approximate surface area is 340 Å². The number of rotatable bonds is 5. The highest BCUT2D eigenvalue weighted by Crippen LogP contribution is 2.69. The van der Waals surface area contributed by atoms with Crippen molar-refractivity contribution >= 4 is 49.6 Å². The Morgan fingerprint density at radius 2 is 1.02 bits per heavy atom. The number of hydrogen-bond acceptors (Lipinski definition) is 1. The van der Waals surface area contributed by atoms with Crippen molar-refractivity contribution in [3.63, 3.8) is 0 Å². The Hall–Kier alpha value is -6.38. The largest absolute Gasteiger partial charge is 0.310 e. The summed E-state index contributed by atoms with van der Waals surface area (Å²) < 4.78 is 2.44. The highest BCUT2D eigenvalue weighted by Gasteiger charge is 2.61. The number of para-hydroxylation sites is 2. The van der Waals surface area contributed by atoms with E-state index in [1.807, 2.05) is 0 Å². The van der Waals surface area contributed by atoms with Gasteiger partial charge in [0, 0.05) is 38.6 Å². The molecule has 0 atom stereocenters. The average molecular weight is 745 g/mol. The summed E-state index contributed by atoms with van der Waals surface area (Å²) >= 11 is 0. The van der Waals surface area contributed by atoms with E-state index in [-0.39, 0.29) is 5.41 Å². The molecule has 278 valence electrons. The Bertz CT molecular complexity index is 3050. The van der Waals surface area contributed by atoms with Crippen LogP contribution in [0.2, 0.25) is 0 Å². The zero-order chi connectivity index (χ0) is 38.0. The van der Waals surface area contributed by atoms with Crippen LogP contribution in [0.5, 0.6) is 0 Å². The van der Waals surface area contributed by atoms with E-state index in [1.165, 1.54) is 104 Å². The van der Waals surface area contributed by atoms with Gasteiger partial charge in [0.15, 0.2) is 0 Å². The molecule has 5 aliphatic rings. The summed E-state index contributed by atoms with van der Waals surface area (Å²) in [5.41, 5.74) is 15.9. The highest BCUT2D eigenvalue weighted by molar-refractivity contribution is 6.11. The van der Waals surface area contributed by atoms with E-state index >= 15 is 0 Å². The maximum atomic E-state index is 2.57. The maximum absolute atomic E-state index is 2.57. The van der Waals surface area contributed by atoms with Crippen molar-refractivity contribution in [2.24, 2.45) is 23.7 Å². The molecular weight excluding hydrogens is 701 g/mol. The fourth-order valence-electron chi connectivity index (χ4n) is 13.0. The summed E-state index contributed by atoms with van der Waals surface area (Å²) in [5.74, 6) is 3.33. The molecule has 58 heavy (non-hydrogen) atoms. The topological polar surface area (TPSA) is 8.17 Å². The van der Waals surface area contributed by atoms with E-state index in [9.17, 15) is 0 Å². The van der Waals surface area contributed by atoms with Crippen LogP contribution >= 0.6 is 0 Å². The van der Waals surface area contributed by atoms with Crippen LogP contribution in [-0.2, 0) is 5.41 Å². The van der Waals surface area contributed by atoms with Crippen molar-refractivity contribution in [2.75, 3.05) is 4.90 Å². The standard InChI is InChI=1S/C56H44N2/c1-3-13-38(14-4-1)44-26-28-54(47-19-8-7-17-45(44)47)57(43-23-25-49-48-20-10-12-22-53(48)58(55(49)35-43)41-15-5-2-6-16-41)42-24-27-52-50(34-42)46-18-9-11-21-51(46)56(52)39-30-36-29-37(32-39)33-40(56)31-36/h1-28,34-37,39-40H,29-33H2. The van der Waals surface area contributed by atoms with Crippen molar-refractivity contribution in [3.05, 3.63) is 193 Å². The molecule has 1 spiro atoms. The van der Waals surface area contributed by atoms with Crippen LogP contribution in [0.3, 0.4) is 0 Å². The second-order valence-corrected chi connectivity index (χ2v) is 17.7. The van der Waals surface area contributed by atoms with E-state index in [0.717, 1.165) is 29.4 Å². The molecule has 0 N–H and O–H groups in total. The molecule has 2 nitrogen and oxygen atoms in total. The van der Waals surface area contributed by atoms with Crippen molar-refractivity contribution in [3.8, 4) is 27.9 Å². The first kappa shape index (κ1) is 32.7. The highest BCUT2D eigenvalue weighted by atomic mass is 15.1. The minimum absolute atomic E-state index is 0.141. The maximum Gasteiger partial charge on any atom is 0.0561 e. The molecule has 4 bridgehead atoms. The predicted octanol–water partition coefficient (Wildman–Crippen LogP) is 14.8.